The number of ketones is 1. The van der Waals surface area contributed by atoms with Crippen LogP contribution in [0.4, 0.5) is 0 Å². The van der Waals surface area contributed by atoms with Gasteiger partial charge in [0.15, 0.2) is 0 Å². The number of carbonyl (C=O) groups excluding carboxylic acids is 1. The second kappa shape index (κ2) is 2.94. The normalized spacial score (nSPS) is 38.4. The monoisotopic (exact) mass is 154 g/mol. The van der Waals surface area contributed by atoms with E-state index in [1.807, 2.05) is 0 Å². The molecule has 1 saturated carbocycles. The molecule has 0 aromatic carbocycles. The van der Waals surface area contributed by atoms with Crippen LogP contribution in [0.3, 0.4) is 0 Å². The third-order valence-corrected chi connectivity index (χ3v) is 2.80. The van der Waals surface area contributed by atoms with Crippen LogP contribution < -0.4 is 0 Å². The van der Waals surface area contributed by atoms with Gasteiger partial charge in [0, 0.05) is 12.3 Å². The first-order valence-electron chi connectivity index (χ1n) is 4.52. The molecule has 0 aromatic heterocycles. The van der Waals surface area contributed by atoms with Gasteiger partial charge >= 0.3 is 0 Å². The maximum atomic E-state index is 11.3. The summed E-state index contributed by atoms with van der Waals surface area (Å²) in [5, 5.41) is 0. The molecule has 1 aliphatic heterocycles. The van der Waals surface area contributed by atoms with Crippen molar-refractivity contribution in [3.8, 4) is 0 Å². The molecule has 1 heterocycles. The minimum absolute atomic E-state index is 0.262. The summed E-state index contributed by atoms with van der Waals surface area (Å²) < 4.78 is 5.53. The smallest absolute Gasteiger partial charge is 0.140 e. The van der Waals surface area contributed by atoms with Crippen LogP contribution in [0.2, 0.25) is 0 Å². The van der Waals surface area contributed by atoms with Gasteiger partial charge in [0.05, 0.1) is 12.7 Å². The van der Waals surface area contributed by atoms with Gasteiger partial charge in [0.2, 0.25) is 0 Å². The first kappa shape index (κ1) is 7.29. The fraction of sp³-hybridized carbons (Fsp3) is 0.889. The Kier molecular flexibility index (Phi) is 1.95. The van der Waals surface area contributed by atoms with Crippen molar-refractivity contribution in [2.24, 2.45) is 5.92 Å². The molecule has 1 aliphatic carbocycles. The predicted molar refractivity (Wildman–Crippen MR) is 41.3 cm³/mol. The standard InChI is InChI=1S/C9H14O2/c10-8-5-6-11-9-4-2-1-3-7(8)9/h7,9H,1-6H2. The predicted octanol–water partition coefficient (Wildman–Crippen LogP) is 1.53. The number of Topliss-reactive ketones (excluding diaryl/α,β-unsaturated/α-hetero) is 1. The average Bonchev–Trinajstić information content (AvgIpc) is 2.06. The summed E-state index contributed by atoms with van der Waals surface area (Å²) in [5.41, 5.74) is 0. The van der Waals surface area contributed by atoms with Crippen LogP contribution >= 0.6 is 0 Å². The van der Waals surface area contributed by atoms with Crippen molar-refractivity contribution in [1.82, 2.24) is 0 Å². The van der Waals surface area contributed by atoms with Crippen molar-refractivity contribution in [2.45, 2.75) is 38.2 Å². The van der Waals surface area contributed by atoms with Crippen LogP contribution in [-0.2, 0) is 9.53 Å². The molecular formula is C9H14O2. The van der Waals surface area contributed by atoms with Crippen LogP contribution in [-0.4, -0.2) is 18.5 Å². The van der Waals surface area contributed by atoms with E-state index in [1.54, 1.807) is 0 Å². The zero-order valence-electron chi connectivity index (χ0n) is 6.71. The Morgan fingerprint density at radius 2 is 2.09 bits per heavy atom. The molecule has 0 radical (unpaired) electrons. The van der Waals surface area contributed by atoms with Crippen molar-refractivity contribution >= 4 is 5.78 Å². The van der Waals surface area contributed by atoms with Gasteiger partial charge in [0.1, 0.15) is 5.78 Å². The van der Waals surface area contributed by atoms with E-state index in [4.69, 9.17) is 4.74 Å². The molecule has 2 rings (SSSR count). The molecule has 0 bridgehead atoms. The second-order valence-corrected chi connectivity index (χ2v) is 3.52. The largest absolute Gasteiger partial charge is 0.377 e. The van der Waals surface area contributed by atoms with Gasteiger partial charge in [-0.05, 0) is 12.8 Å². The molecule has 11 heavy (non-hydrogen) atoms. The molecule has 2 nitrogen and oxygen atoms in total. The number of fused-ring (bicyclic) bond motifs is 1. The molecule has 2 fully saturated rings. The van der Waals surface area contributed by atoms with Crippen molar-refractivity contribution in [2.75, 3.05) is 6.61 Å². The molecule has 2 heteroatoms. The number of ether oxygens (including phenoxy) is 1. The first-order valence-corrected chi connectivity index (χ1v) is 4.52. The van der Waals surface area contributed by atoms with Crippen LogP contribution in [0.1, 0.15) is 32.1 Å². The van der Waals surface area contributed by atoms with Gasteiger partial charge in [-0.25, -0.2) is 0 Å². The molecule has 62 valence electrons. The van der Waals surface area contributed by atoms with Crippen LogP contribution in [0.15, 0.2) is 0 Å². The summed E-state index contributed by atoms with van der Waals surface area (Å²) in [4.78, 5) is 11.3. The molecule has 0 spiro atoms. The number of hydrogen-bond acceptors (Lipinski definition) is 2. The number of hydrogen-bond donors (Lipinski definition) is 0. The third-order valence-electron chi connectivity index (χ3n) is 2.80. The molecule has 0 amide bonds. The van der Waals surface area contributed by atoms with E-state index < -0.39 is 0 Å². The average molecular weight is 154 g/mol. The molecule has 1 saturated heterocycles. The Labute approximate surface area is 66.9 Å². The van der Waals surface area contributed by atoms with E-state index in [0.29, 0.717) is 18.8 Å². The summed E-state index contributed by atoms with van der Waals surface area (Å²) in [6, 6.07) is 0. The van der Waals surface area contributed by atoms with E-state index in [1.165, 1.54) is 12.8 Å². The Hall–Kier alpha value is -0.370. The maximum absolute atomic E-state index is 11.3. The first-order chi connectivity index (χ1) is 5.38. The van der Waals surface area contributed by atoms with Crippen LogP contribution in [0, 0.1) is 5.92 Å². The fourth-order valence-electron chi connectivity index (χ4n) is 2.16. The Morgan fingerprint density at radius 3 is 2.91 bits per heavy atom. The van der Waals surface area contributed by atoms with E-state index in [2.05, 4.69) is 0 Å². The molecule has 0 aromatic rings. The van der Waals surface area contributed by atoms with Crippen molar-refractivity contribution in [1.29, 1.82) is 0 Å². The Morgan fingerprint density at radius 1 is 1.27 bits per heavy atom. The SMILES string of the molecule is O=C1CCOC2CCCCC12. The highest BCUT2D eigenvalue weighted by atomic mass is 16.5. The summed E-state index contributed by atoms with van der Waals surface area (Å²) in [5.74, 6) is 0.707. The Bertz CT molecular complexity index is 163. The van der Waals surface area contributed by atoms with E-state index in [-0.39, 0.29) is 12.0 Å². The van der Waals surface area contributed by atoms with E-state index in [0.717, 1.165) is 12.8 Å². The van der Waals surface area contributed by atoms with E-state index in [9.17, 15) is 4.79 Å². The van der Waals surface area contributed by atoms with Gasteiger partial charge in [0.25, 0.3) is 0 Å². The van der Waals surface area contributed by atoms with Gasteiger partial charge in [-0.15, -0.1) is 0 Å². The lowest BCUT2D eigenvalue weighted by molar-refractivity contribution is -0.139. The van der Waals surface area contributed by atoms with Gasteiger partial charge in [-0.1, -0.05) is 12.8 Å². The Balaban J connectivity index is 2.05. The van der Waals surface area contributed by atoms with Crippen molar-refractivity contribution in [3.05, 3.63) is 0 Å². The second-order valence-electron chi connectivity index (χ2n) is 3.52. The van der Waals surface area contributed by atoms with Crippen LogP contribution in [0.5, 0.6) is 0 Å². The highest BCUT2D eigenvalue weighted by Crippen LogP contribution is 2.31. The van der Waals surface area contributed by atoms with Crippen molar-refractivity contribution in [3.63, 3.8) is 0 Å². The lowest BCUT2D eigenvalue weighted by Gasteiger charge is -2.34. The zero-order chi connectivity index (χ0) is 7.68. The quantitative estimate of drug-likeness (QED) is 0.529. The molecule has 2 atom stereocenters. The molecule has 2 unspecified atom stereocenters. The highest BCUT2D eigenvalue weighted by Gasteiger charge is 2.34. The van der Waals surface area contributed by atoms with Gasteiger partial charge in [-0.2, -0.15) is 0 Å². The summed E-state index contributed by atoms with van der Waals surface area (Å²) in [6.45, 7) is 0.667. The fourth-order valence-corrected chi connectivity index (χ4v) is 2.16. The molecule has 0 N–H and O–H groups in total. The van der Waals surface area contributed by atoms with E-state index >= 15 is 0 Å². The van der Waals surface area contributed by atoms with Gasteiger partial charge in [-0.3, -0.25) is 4.79 Å². The highest BCUT2D eigenvalue weighted by molar-refractivity contribution is 5.82. The van der Waals surface area contributed by atoms with Crippen molar-refractivity contribution < 1.29 is 9.53 Å². The third kappa shape index (κ3) is 1.32. The number of carbonyl (C=O) groups is 1. The summed E-state index contributed by atoms with van der Waals surface area (Å²) >= 11 is 0. The zero-order valence-corrected chi connectivity index (χ0v) is 6.71. The lowest BCUT2D eigenvalue weighted by Crippen LogP contribution is -2.38. The summed E-state index contributed by atoms with van der Waals surface area (Å²) in [7, 11) is 0. The van der Waals surface area contributed by atoms with Gasteiger partial charge < -0.3 is 4.74 Å². The minimum atomic E-state index is 0.262. The topological polar surface area (TPSA) is 26.3 Å². The maximum Gasteiger partial charge on any atom is 0.140 e. The minimum Gasteiger partial charge on any atom is -0.377 e. The lowest BCUT2D eigenvalue weighted by atomic mass is 9.81. The van der Waals surface area contributed by atoms with Crippen LogP contribution in [0.25, 0.3) is 0 Å². The number of rotatable bonds is 0. The molecular weight excluding hydrogens is 140 g/mol. The molecule has 2 aliphatic rings. The summed E-state index contributed by atoms with van der Waals surface area (Å²) in [6.07, 6.45) is 5.58.